The number of hydrogen-bond donors (Lipinski definition) is 3. The number of para-hydroxylation sites is 1. The van der Waals surface area contributed by atoms with Crippen molar-refractivity contribution in [2.24, 2.45) is 4.99 Å². The molecule has 10 nitrogen and oxygen atoms in total. The molecule has 0 atom stereocenters. The van der Waals surface area contributed by atoms with Gasteiger partial charge in [-0.3, -0.25) is 4.98 Å². The van der Waals surface area contributed by atoms with Crippen LogP contribution in [-0.4, -0.2) is 47.7 Å². The summed E-state index contributed by atoms with van der Waals surface area (Å²) in [7, 11) is 1.91. The highest BCUT2D eigenvalue weighted by molar-refractivity contribution is 5.61. The third-order valence-electron chi connectivity index (χ3n) is 5.47. The van der Waals surface area contributed by atoms with Gasteiger partial charge in [0.15, 0.2) is 5.65 Å². The number of benzene rings is 1. The number of aromatic hydroxyl groups is 1. The standard InChI is InChI=1S/C21H22N8O2/c1-28(15-9-3-2-4-10-15)21-27-19(23-14-7-5-6-8-14)25-17-13(12-22-29(17)21)11-16-18(30)26-20(31)24-16/h2-4,9-12,14,30H,5-8H2,1H3,(H2,24,26,31)/b13-11-,23-19?. The van der Waals surface area contributed by atoms with Crippen molar-refractivity contribution in [3.05, 3.63) is 63.5 Å². The van der Waals surface area contributed by atoms with Crippen LogP contribution >= 0.6 is 0 Å². The van der Waals surface area contributed by atoms with Crippen molar-refractivity contribution in [2.45, 2.75) is 31.7 Å². The molecule has 0 spiro atoms. The van der Waals surface area contributed by atoms with Crippen LogP contribution in [0.4, 0.5) is 11.6 Å². The summed E-state index contributed by atoms with van der Waals surface area (Å²) in [6, 6.07) is 10.1. The molecule has 1 saturated carbocycles. The lowest BCUT2D eigenvalue weighted by Crippen LogP contribution is -2.26. The van der Waals surface area contributed by atoms with E-state index in [1.807, 2.05) is 42.3 Å². The molecular formula is C21H22N8O2. The SMILES string of the molecule is CN(c1ccccc1)c1nc(=NC2CCCC2)nc2/c(=C\c3[nH]c(=O)[nH]c3O)cnn12. The van der Waals surface area contributed by atoms with Crippen molar-refractivity contribution >= 4 is 23.4 Å². The third-order valence-corrected chi connectivity index (χ3v) is 5.47. The number of anilines is 2. The average molecular weight is 418 g/mol. The molecule has 5 rings (SSSR count). The zero-order valence-electron chi connectivity index (χ0n) is 17.0. The molecule has 0 saturated heterocycles. The van der Waals surface area contributed by atoms with Crippen LogP contribution in [0.1, 0.15) is 31.4 Å². The van der Waals surface area contributed by atoms with Gasteiger partial charge in [-0.25, -0.2) is 9.79 Å². The molecule has 1 fully saturated rings. The Balaban J connectivity index is 1.73. The van der Waals surface area contributed by atoms with Gasteiger partial charge in [-0.05, 0) is 31.1 Å². The first-order chi connectivity index (χ1) is 15.1. The first kappa shape index (κ1) is 19.0. The highest BCUT2D eigenvalue weighted by atomic mass is 16.3. The maximum absolute atomic E-state index is 11.5. The van der Waals surface area contributed by atoms with E-state index in [-0.39, 0.29) is 17.6 Å². The van der Waals surface area contributed by atoms with Crippen molar-refractivity contribution in [3.8, 4) is 5.88 Å². The van der Waals surface area contributed by atoms with E-state index in [1.54, 1.807) is 16.8 Å². The number of aromatic nitrogens is 6. The summed E-state index contributed by atoms with van der Waals surface area (Å²) in [5.41, 5.74) is 1.65. The topological polar surface area (TPSA) is 128 Å². The Morgan fingerprint density at radius 1 is 1.19 bits per heavy atom. The second-order valence-corrected chi connectivity index (χ2v) is 7.61. The van der Waals surface area contributed by atoms with E-state index in [1.165, 1.54) is 12.8 Å². The van der Waals surface area contributed by atoms with Gasteiger partial charge in [0.05, 0.1) is 12.2 Å². The van der Waals surface area contributed by atoms with Gasteiger partial charge in [-0.2, -0.15) is 19.6 Å². The monoisotopic (exact) mass is 418 g/mol. The minimum Gasteiger partial charge on any atom is -0.493 e. The molecule has 3 heterocycles. The van der Waals surface area contributed by atoms with E-state index in [9.17, 15) is 9.90 Å². The van der Waals surface area contributed by atoms with Crippen molar-refractivity contribution in [2.75, 3.05) is 11.9 Å². The number of H-pyrrole nitrogens is 2. The first-order valence-electron chi connectivity index (χ1n) is 10.2. The van der Waals surface area contributed by atoms with Crippen LogP contribution in [0.15, 0.2) is 46.3 Å². The molecule has 0 unspecified atom stereocenters. The molecule has 0 radical (unpaired) electrons. The highest BCUT2D eigenvalue weighted by Crippen LogP contribution is 2.21. The van der Waals surface area contributed by atoms with Crippen LogP contribution in [0.3, 0.4) is 0 Å². The molecule has 4 aromatic rings. The quantitative estimate of drug-likeness (QED) is 0.454. The summed E-state index contributed by atoms with van der Waals surface area (Å²) in [5, 5.41) is 15.0. The van der Waals surface area contributed by atoms with Crippen molar-refractivity contribution in [3.63, 3.8) is 0 Å². The minimum absolute atomic E-state index is 0.220. The van der Waals surface area contributed by atoms with Crippen molar-refractivity contribution in [1.82, 2.24) is 29.5 Å². The summed E-state index contributed by atoms with van der Waals surface area (Å²) in [5.74, 6) is 0.329. The number of imidazole rings is 1. The zero-order valence-corrected chi connectivity index (χ0v) is 17.0. The molecule has 0 bridgehead atoms. The molecule has 10 heteroatoms. The van der Waals surface area contributed by atoms with Crippen LogP contribution in [0.5, 0.6) is 5.88 Å². The summed E-state index contributed by atoms with van der Waals surface area (Å²) in [6.45, 7) is 0. The van der Waals surface area contributed by atoms with Gasteiger partial charge in [-0.15, -0.1) is 0 Å². The Hall–Kier alpha value is -3.95. The van der Waals surface area contributed by atoms with E-state index in [4.69, 9.17) is 9.98 Å². The fourth-order valence-corrected chi connectivity index (χ4v) is 3.86. The normalized spacial score (nSPS) is 15.9. The molecule has 3 aromatic heterocycles. The van der Waals surface area contributed by atoms with Crippen LogP contribution in [-0.2, 0) is 0 Å². The van der Waals surface area contributed by atoms with Crippen LogP contribution < -0.4 is 21.4 Å². The Morgan fingerprint density at radius 2 is 1.97 bits per heavy atom. The Morgan fingerprint density at radius 3 is 2.68 bits per heavy atom. The molecule has 0 amide bonds. The zero-order chi connectivity index (χ0) is 21.4. The number of hydrogen-bond acceptors (Lipinski definition) is 7. The van der Waals surface area contributed by atoms with Crippen molar-refractivity contribution in [1.29, 1.82) is 0 Å². The molecule has 158 valence electrons. The second-order valence-electron chi connectivity index (χ2n) is 7.61. The fourth-order valence-electron chi connectivity index (χ4n) is 3.86. The van der Waals surface area contributed by atoms with E-state index in [0.29, 0.717) is 22.4 Å². The highest BCUT2D eigenvalue weighted by Gasteiger charge is 2.17. The van der Waals surface area contributed by atoms with Gasteiger partial charge in [0.25, 0.3) is 0 Å². The van der Waals surface area contributed by atoms with Gasteiger partial charge in [-0.1, -0.05) is 31.0 Å². The lowest BCUT2D eigenvalue weighted by molar-refractivity contribution is 0.454. The Bertz CT molecular complexity index is 1400. The molecule has 31 heavy (non-hydrogen) atoms. The van der Waals surface area contributed by atoms with Crippen molar-refractivity contribution < 1.29 is 5.11 Å². The van der Waals surface area contributed by atoms with E-state index < -0.39 is 5.69 Å². The van der Waals surface area contributed by atoms with E-state index in [0.717, 1.165) is 18.5 Å². The van der Waals surface area contributed by atoms with Crippen LogP contribution in [0.25, 0.3) is 11.7 Å². The molecule has 1 aliphatic carbocycles. The summed E-state index contributed by atoms with van der Waals surface area (Å²) < 4.78 is 1.63. The summed E-state index contributed by atoms with van der Waals surface area (Å²) in [4.78, 5) is 32.4. The Labute approximate surface area is 176 Å². The largest absolute Gasteiger partial charge is 0.493 e. The smallest absolute Gasteiger partial charge is 0.326 e. The lowest BCUT2D eigenvalue weighted by atomic mass is 10.3. The van der Waals surface area contributed by atoms with Gasteiger partial charge < -0.3 is 15.0 Å². The van der Waals surface area contributed by atoms with Gasteiger partial charge in [0.1, 0.15) is 5.69 Å². The molecule has 0 aliphatic heterocycles. The molecular weight excluding hydrogens is 396 g/mol. The third kappa shape index (κ3) is 3.67. The van der Waals surface area contributed by atoms with Gasteiger partial charge in [0, 0.05) is 18.0 Å². The summed E-state index contributed by atoms with van der Waals surface area (Å²) in [6.07, 6.45) is 7.65. The number of nitrogens with zero attached hydrogens (tertiary/aromatic N) is 6. The predicted octanol–water partition coefficient (Wildman–Crippen LogP) is 1.01. The molecule has 1 aromatic carbocycles. The molecule has 3 N–H and O–H groups in total. The maximum Gasteiger partial charge on any atom is 0.326 e. The minimum atomic E-state index is -0.490. The fraction of sp³-hybridized carbons (Fsp3) is 0.286. The van der Waals surface area contributed by atoms with E-state index >= 15 is 0 Å². The lowest BCUT2D eigenvalue weighted by Gasteiger charge is -2.18. The predicted molar refractivity (Wildman–Crippen MR) is 115 cm³/mol. The molecule has 1 aliphatic rings. The number of aromatic amines is 2. The first-order valence-corrected chi connectivity index (χ1v) is 10.2. The second kappa shape index (κ2) is 7.71. The number of fused-ring (bicyclic) bond motifs is 1. The summed E-state index contributed by atoms with van der Waals surface area (Å²) >= 11 is 0. The average Bonchev–Trinajstić information content (AvgIpc) is 3.50. The van der Waals surface area contributed by atoms with Crippen LogP contribution in [0, 0.1) is 0 Å². The van der Waals surface area contributed by atoms with E-state index in [2.05, 4.69) is 20.1 Å². The Kier molecular flexibility index (Phi) is 4.73. The van der Waals surface area contributed by atoms with Crippen LogP contribution in [0.2, 0.25) is 0 Å². The van der Waals surface area contributed by atoms with Gasteiger partial charge >= 0.3 is 5.69 Å². The number of nitrogens with one attached hydrogen (secondary N) is 2. The number of rotatable bonds is 4. The van der Waals surface area contributed by atoms with Gasteiger partial charge in [0.2, 0.25) is 17.4 Å². The maximum atomic E-state index is 11.5.